The van der Waals surface area contributed by atoms with Gasteiger partial charge in [0.2, 0.25) is 11.8 Å². The number of aromatic nitrogens is 6. The molecule has 218 valence electrons. The second-order valence-corrected chi connectivity index (χ2v) is 10.0. The van der Waals surface area contributed by atoms with E-state index in [1.165, 1.54) is 11.0 Å². The van der Waals surface area contributed by atoms with Crippen molar-refractivity contribution >= 4 is 35.9 Å². The Kier molecular flexibility index (Phi) is 10.3. The van der Waals surface area contributed by atoms with Gasteiger partial charge >= 0.3 is 0 Å². The minimum atomic E-state index is -0.397. The van der Waals surface area contributed by atoms with E-state index in [0.29, 0.717) is 69.4 Å². The highest BCUT2D eigenvalue weighted by atomic mass is 32.1. The molecule has 2 aliphatic rings. The molecule has 0 radical (unpaired) electrons. The minimum Gasteiger partial charge on any atom is -0.492 e. The number of nitrogens with zero attached hydrogens (tertiary/aromatic N) is 8. The molecule has 1 saturated heterocycles. The van der Waals surface area contributed by atoms with Gasteiger partial charge in [-0.1, -0.05) is 12.1 Å². The molecular weight excluding hydrogens is 554 g/mol. The zero-order valence-corrected chi connectivity index (χ0v) is 23.3. The Morgan fingerprint density at radius 1 is 1.20 bits per heavy atom. The van der Waals surface area contributed by atoms with E-state index in [1.54, 1.807) is 16.7 Å². The number of tetrazole rings is 1. The molecule has 1 fully saturated rings. The fraction of sp³-hybridized carbons (Fsp3) is 0.480. The van der Waals surface area contributed by atoms with Crippen LogP contribution in [0.15, 0.2) is 30.6 Å². The fourth-order valence-corrected chi connectivity index (χ4v) is 5.42. The van der Waals surface area contributed by atoms with Crippen LogP contribution < -0.4 is 10.1 Å². The number of nitrogens with one attached hydrogen (secondary N) is 1. The first kappa shape index (κ1) is 29.5. The van der Waals surface area contributed by atoms with Crippen LogP contribution in [0.3, 0.4) is 0 Å². The lowest BCUT2D eigenvalue weighted by Crippen LogP contribution is -2.39. The Bertz CT molecular complexity index is 1330. The summed E-state index contributed by atoms with van der Waals surface area (Å²) in [6.07, 6.45) is 2.29. The molecular formula is C25H31N9O6S. The molecule has 2 aliphatic heterocycles. The van der Waals surface area contributed by atoms with Crippen molar-refractivity contribution in [3.05, 3.63) is 47.5 Å². The lowest BCUT2D eigenvalue weighted by molar-refractivity contribution is -0.131. The van der Waals surface area contributed by atoms with E-state index in [4.69, 9.17) is 14.6 Å². The van der Waals surface area contributed by atoms with Crippen molar-refractivity contribution in [1.82, 2.24) is 44.1 Å². The molecule has 2 atom stereocenters. The van der Waals surface area contributed by atoms with E-state index in [1.807, 2.05) is 24.3 Å². The van der Waals surface area contributed by atoms with Crippen LogP contribution in [-0.2, 0) is 20.9 Å². The Balaban J connectivity index is 0.00000124. The number of ether oxygens (including phenoxy) is 1. The maximum absolute atomic E-state index is 13.3. The van der Waals surface area contributed by atoms with Gasteiger partial charge in [-0.15, -0.1) is 5.10 Å². The van der Waals surface area contributed by atoms with Crippen molar-refractivity contribution in [3.63, 3.8) is 0 Å². The van der Waals surface area contributed by atoms with E-state index in [-0.39, 0.29) is 36.5 Å². The van der Waals surface area contributed by atoms with Crippen molar-refractivity contribution in [2.45, 2.75) is 32.2 Å². The minimum absolute atomic E-state index is 0.0490. The number of aryl methyl sites for hydroxylation is 2. The molecule has 0 aliphatic carbocycles. The second kappa shape index (κ2) is 14.2. The summed E-state index contributed by atoms with van der Waals surface area (Å²) in [5.74, 6) is -0.248. The predicted octanol–water partition coefficient (Wildman–Crippen LogP) is 0.207. The molecule has 41 heavy (non-hydrogen) atoms. The lowest BCUT2D eigenvalue weighted by atomic mass is 9.88. The standard InChI is InChI=1S/C24H29N9O4S.CH2O2/c1-16-22(28-38-27-16)24(36)31-8-3-7-25-23(35)20-14-32(21(34)6-9-33-15-26-29-30-33)13-19(20)17-4-2-5-18(12-17)37-11-10-31;2-1-3/h2,4-5,12,15,19-20H,3,6-11,13-14H2,1H3,(H,25,35);1H,(H,2,3)/t19-,20+;/m1./s1. The van der Waals surface area contributed by atoms with Crippen LogP contribution in [0, 0.1) is 12.8 Å². The summed E-state index contributed by atoms with van der Waals surface area (Å²) < 4.78 is 15.8. The van der Waals surface area contributed by atoms with E-state index in [9.17, 15) is 14.4 Å². The Hall–Kier alpha value is -4.47. The number of hydrogen-bond donors (Lipinski definition) is 2. The highest BCUT2D eigenvalue weighted by Crippen LogP contribution is 2.35. The Labute approximate surface area is 239 Å². The monoisotopic (exact) mass is 585 g/mol. The number of likely N-dealkylation sites (tertiary alicyclic amines) is 1. The summed E-state index contributed by atoms with van der Waals surface area (Å²) in [5, 5.41) is 20.9. The van der Waals surface area contributed by atoms with Gasteiger partial charge in [0.15, 0.2) is 5.69 Å². The SMILES string of the molecule is Cc1nsnc1C(=O)N1CCCNC(=O)[C@H]2CN(C(=O)CCn3cnnn3)C[C@@H]2c2cccc(c2)OCC1.O=CO. The van der Waals surface area contributed by atoms with Gasteiger partial charge in [0, 0.05) is 38.5 Å². The van der Waals surface area contributed by atoms with Crippen LogP contribution in [0.2, 0.25) is 0 Å². The third-order valence-corrected chi connectivity index (χ3v) is 7.54. The van der Waals surface area contributed by atoms with Crippen molar-refractivity contribution < 1.29 is 29.0 Å². The van der Waals surface area contributed by atoms with E-state index < -0.39 is 5.92 Å². The number of fused-ring (bicyclic) bond motifs is 4. The van der Waals surface area contributed by atoms with E-state index in [0.717, 1.165) is 17.3 Å². The summed E-state index contributed by atoms with van der Waals surface area (Å²) in [6.45, 7) is 4.21. The maximum atomic E-state index is 13.3. The topological polar surface area (TPSA) is 186 Å². The van der Waals surface area contributed by atoms with Crippen LogP contribution in [0.25, 0.3) is 0 Å². The zero-order valence-electron chi connectivity index (χ0n) is 22.5. The molecule has 0 saturated carbocycles. The zero-order chi connectivity index (χ0) is 29.2. The van der Waals surface area contributed by atoms with Gasteiger partial charge in [0.25, 0.3) is 12.4 Å². The number of amides is 3. The lowest BCUT2D eigenvalue weighted by Gasteiger charge is -2.24. The highest BCUT2D eigenvalue weighted by molar-refractivity contribution is 6.99. The summed E-state index contributed by atoms with van der Waals surface area (Å²) in [5.41, 5.74) is 1.89. The van der Waals surface area contributed by atoms with Gasteiger partial charge < -0.3 is 25.0 Å². The molecule has 3 amide bonds. The molecule has 0 spiro atoms. The van der Waals surface area contributed by atoms with Crippen molar-refractivity contribution in [1.29, 1.82) is 0 Å². The Morgan fingerprint density at radius 3 is 2.73 bits per heavy atom. The summed E-state index contributed by atoms with van der Waals surface area (Å²) in [7, 11) is 0. The number of carboxylic acid groups (broad SMARTS) is 1. The number of carbonyl (C=O) groups is 4. The first-order valence-corrected chi connectivity index (χ1v) is 13.8. The molecule has 15 nitrogen and oxygen atoms in total. The number of hydrogen-bond acceptors (Lipinski definition) is 11. The average Bonchev–Trinajstić information content (AvgIpc) is 3.74. The first-order valence-electron chi connectivity index (χ1n) is 13.1. The number of benzene rings is 1. The average molecular weight is 586 g/mol. The molecule has 16 heteroatoms. The van der Waals surface area contributed by atoms with Crippen LogP contribution in [0.1, 0.15) is 40.5 Å². The molecule has 3 aromatic rings. The van der Waals surface area contributed by atoms with Crippen LogP contribution in [0.5, 0.6) is 5.75 Å². The van der Waals surface area contributed by atoms with Gasteiger partial charge in [0.1, 0.15) is 18.7 Å². The molecule has 1 aromatic carbocycles. The van der Waals surface area contributed by atoms with Gasteiger partial charge in [-0.05, 0) is 41.5 Å². The van der Waals surface area contributed by atoms with Gasteiger partial charge in [-0.2, -0.15) is 8.75 Å². The van der Waals surface area contributed by atoms with Gasteiger partial charge in [-0.25, -0.2) is 4.68 Å². The molecule has 4 heterocycles. The largest absolute Gasteiger partial charge is 0.492 e. The van der Waals surface area contributed by atoms with Gasteiger partial charge in [0.05, 0.1) is 36.4 Å². The van der Waals surface area contributed by atoms with Crippen molar-refractivity contribution in [2.75, 3.05) is 39.3 Å². The molecule has 0 unspecified atom stereocenters. The summed E-state index contributed by atoms with van der Waals surface area (Å²) in [6, 6.07) is 7.63. The molecule has 2 N–H and O–H groups in total. The van der Waals surface area contributed by atoms with Crippen molar-refractivity contribution in [3.8, 4) is 5.75 Å². The quantitative estimate of drug-likeness (QED) is 0.399. The molecule has 5 rings (SSSR count). The van der Waals surface area contributed by atoms with Crippen molar-refractivity contribution in [2.24, 2.45) is 5.92 Å². The Morgan fingerprint density at radius 2 is 2.00 bits per heavy atom. The van der Waals surface area contributed by atoms with Crippen LogP contribution >= 0.6 is 11.7 Å². The van der Waals surface area contributed by atoms with Crippen LogP contribution in [0.4, 0.5) is 0 Å². The third-order valence-electron chi connectivity index (χ3n) is 6.92. The normalized spacial score (nSPS) is 19.1. The van der Waals surface area contributed by atoms with E-state index >= 15 is 0 Å². The number of carbonyl (C=O) groups excluding carboxylic acids is 3. The smallest absolute Gasteiger partial charge is 0.290 e. The highest BCUT2D eigenvalue weighted by Gasteiger charge is 2.40. The predicted molar refractivity (Wildman–Crippen MR) is 144 cm³/mol. The third kappa shape index (κ3) is 7.59. The maximum Gasteiger partial charge on any atom is 0.290 e. The molecule has 2 aromatic heterocycles. The van der Waals surface area contributed by atoms with Gasteiger partial charge in [-0.3, -0.25) is 19.2 Å². The number of rotatable bonds is 4. The summed E-state index contributed by atoms with van der Waals surface area (Å²) in [4.78, 5) is 51.2. The first-order chi connectivity index (χ1) is 19.9. The summed E-state index contributed by atoms with van der Waals surface area (Å²) >= 11 is 1.01. The van der Waals surface area contributed by atoms with E-state index in [2.05, 4.69) is 29.6 Å². The van der Waals surface area contributed by atoms with Crippen LogP contribution in [-0.4, -0.2) is 107 Å². The molecule has 2 bridgehead atoms. The second-order valence-electron chi connectivity index (χ2n) is 9.50. The fourth-order valence-electron chi connectivity index (χ4n) is 4.87.